The van der Waals surface area contributed by atoms with Crippen molar-refractivity contribution in [2.45, 2.75) is 79.6 Å². The van der Waals surface area contributed by atoms with Gasteiger partial charge < -0.3 is 0 Å². The summed E-state index contributed by atoms with van der Waals surface area (Å²) in [6.45, 7) is 20.3. The summed E-state index contributed by atoms with van der Waals surface area (Å²) in [5.41, 5.74) is 7.62. The molecule has 0 unspecified atom stereocenters. The summed E-state index contributed by atoms with van der Waals surface area (Å²) in [4.78, 5) is 0. The zero-order chi connectivity index (χ0) is 32.1. The van der Waals surface area contributed by atoms with E-state index in [0.717, 1.165) is 6.42 Å². The molecule has 0 amide bonds. The molecule has 0 atom stereocenters. The average Bonchev–Trinajstić information content (AvgIpc) is 3.66. The maximum absolute atomic E-state index is 3.16. The predicted octanol–water partition coefficient (Wildman–Crippen LogP) is 11.8. The second-order valence-corrected chi connectivity index (χ2v) is 16.0. The third kappa shape index (κ3) is 8.79. The Morgan fingerprint density at radius 1 is 0.591 bits per heavy atom. The average molecular weight is 656 g/mol. The third-order valence-electron chi connectivity index (χ3n) is 8.12. The number of fused-ring (bicyclic) bond motifs is 3. The number of rotatable bonds is 2. The molecule has 0 spiro atoms. The van der Waals surface area contributed by atoms with Crippen molar-refractivity contribution in [3.05, 3.63) is 149 Å². The molecule has 0 aliphatic heterocycles. The third-order valence-corrected chi connectivity index (χ3v) is 9.54. The fourth-order valence-corrected chi connectivity index (χ4v) is 6.07. The van der Waals surface area contributed by atoms with E-state index in [2.05, 4.69) is 184 Å². The van der Waals surface area contributed by atoms with Crippen molar-refractivity contribution in [1.29, 1.82) is 0 Å². The monoisotopic (exact) mass is 654 g/mol. The first-order valence-electron chi connectivity index (χ1n) is 15.8. The SMILES string of the molecule is CC(C)(C)C1=CC[C-]=C1.CC(C)(C)c1ccc2c(c1)[cH-]c1cc(C(C)(C)C)ccc12.[Zr+2]=[C](c1ccccc1)c1ccccc1. The fraction of sp³-hybridized carbons (Fsp3) is 0.302. The molecule has 0 heterocycles. The van der Waals surface area contributed by atoms with Crippen LogP contribution in [0, 0.1) is 11.5 Å². The van der Waals surface area contributed by atoms with Gasteiger partial charge in [-0.1, -0.05) is 103 Å². The van der Waals surface area contributed by atoms with E-state index in [1.54, 1.807) is 0 Å². The molecule has 1 heteroatoms. The van der Waals surface area contributed by atoms with Crippen molar-refractivity contribution < 1.29 is 24.2 Å². The maximum atomic E-state index is 3.16. The minimum absolute atomic E-state index is 0.203. The Labute approximate surface area is 281 Å². The van der Waals surface area contributed by atoms with Crippen molar-refractivity contribution in [3.63, 3.8) is 0 Å². The van der Waals surface area contributed by atoms with Crippen LogP contribution in [-0.4, -0.2) is 3.21 Å². The van der Waals surface area contributed by atoms with Gasteiger partial charge in [0.05, 0.1) is 0 Å². The van der Waals surface area contributed by atoms with E-state index in [0.29, 0.717) is 5.41 Å². The van der Waals surface area contributed by atoms with Crippen molar-refractivity contribution in [2.75, 3.05) is 0 Å². The summed E-state index contributed by atoms with van der Waals surface area (Å²) < 4.78 is 1.42. The summed E-state index contributed by atoms with van der Waals surface area (Å²) in [7, 11) is 0. The van der Waals surface area contributed by atoms with Gasteiger partial charge in [-0.3, -0.25) is 6.08 Å². The molecule has 5 aromatic rings. The molecule has 0 N–H and O–H groups in total. The van der Waals surface area contributed by atoms with Crippen molar-refractivity contribution in [3.8, 4) is 0 Å². The first-order chi connectivity index (χ1) is 20.6. The fourth-order valence-electron chi connectivity index (χ4n) is 5.25. The molecule has 0 saturated carbocycles. The molecule has 5 aromatic carbocycles. The van der Waals surface area contributed by atoms with Crippen LogP contribution in [0.4, 0.5) is 0 Å². The van der Waals surface area contributed by atoms with Crippen molar-refractivity contribution in [1.82, 2.24) is 0 Å². The molecule has 44 heavy (non-hydrogen) atoms. The van der Waals surface area contributed by atoms with Gasteiger partial charge in [0.1, 0.15) is 0 Å². The van der Waals surface area contributed by atoms with Crippen LogP contribution in [0.1, 0.15) is 91.0 Å². The van der Waals surface area contributed by atoms with E-state index in [4.69, 9.17) is 0 Å². The Kier molecular flexibility index (Phi) is 10.7. The van der Waals surface area contributed by atoms with Crippen LogP contribution in [-0.2, 0) is 35.1 Å². The quantitative estimate of drug-likeness (QED) is 0.166. The van der Waals surface area contributed by atoms with Crippen LogP contribution >= 0.6 is 0 Å². The van der Waals surface area contributed by atoms with E-state index < -0.39 is 0 Å². The molecule has 1 aliphatic carbocycles. The van der Waals surface area contributed by atoms with Crippen LogP contribution in [0.3, 0.4) is 0 Å². The van der Waals surface area contributed by atoms with Crippen LogP contribution in [0.5, 0.6) is 0 Å². The van der Waals surface area contributed by atoms with Crippen LogP contribution in [0.25, 0.3) is 21.5 Å². The van der Waals surface area contributed by atoms with E-state index in [-0.39, 0.29) is 10.8 Å². The van der Waals surface area contributed by atoms with Crippen molar-refractivity contribution >= 4 is 24.8 Å². The van der Waals surface area contributed by atoms with Gasteiger partial charge in [-0.2, -0.15) is 11.6 Å². The number of benzene rings is 4. The van der Waals surface area contributed by atoms with E-state index >= 15 is 0 Å². The van der Waals surface area contributed by atoms with E-state index in [1.807, 2.05) is 0 Å². The first-order valence-corrected chi connectivity index (χ1v) is 17.0. The molecule has 0 fully saturated rings. The summed E-state index contributed by atoms with van der Waals surface area (Å²) in [5, 5.41) is 5.48. The Morgan fingerprint density at radius 2 is 1.02 bits per heavy atom. The topological polar surface area (TPSA) is 0 Å². The van der Waals surface area contributed by atoms with Gasteiger partial charge >= 0.3 is 99.2 Å². The Balaban J connectivity index is 0.000000165. The molecule has 0 nitrogen and oxygen atoms in total. The zero-order valence-electron chi connectivity index (χ0n) is 28.2. The predicted molar refractivity (Wildman–Crippen MR) is 191 cm³/mol. The molecule has 1 aliphatic rings. The van der Waals surface area contributed by atoms with Gasteiger partial charge in [0, 0.05) is 0 Å². The van der Waals surface area contributed by atoms with Crippen LogP contribution in [0.2, 0.25) is 0 Å². The first kappa shape index (κ1) is 33.9. The van der Waals surface area contributed by atoms with Gasteiger partial charge in [0.2, 0.25) is 0 Å². The van der Waals surface area contributed by atoms with E-state index in [1.165, 1.54) is 76.8 Å². The summed E-state index contributed by atoms with van der Waals surface area (Å²) in [6, 6.07) is 37.3. The van der Waals surface area contributed by atoms with Crippen LogP contribution in [0.15, 0.2) is 121 Å². The Hall–Kier alpha value is -3.02. The molecule has 0 radical (unpaired) electrons. The normalized spacial score (nSPS) is 13.2. The molecule has 0 saturated heterocycles. The second kappa shape index (κ2) is 14.0. The number of hydrogen-bond donors (Lipinski definition) is 0. The van der Waals surface area contributed by atoms with Crippen LogP contribution < -0.4 is 0 Å². The van der Waals surface area contributed by atoms with E-state index in [9.17, 15) is 0 Å². The summed E-state index contributed by atoms with van der Waals surface area (Å²) in [5.74, 6) is 0. The molecule has 224 valence electrons. The Bertz CT molecular complexity index is 1650. The summed E-state index contributed by atoms with van der Waals surface area (Å²) in [6.07, 6.45) is 8.50. The van der Waals surface area contributed by atoms with Gasteiger partial charge in [0.15, 0.2) is 0 Å². The van der Waals surface area contributed by atoms with Gasteiger partial charge in [0.25, 0.3) is 0 Å². The second-order valence-electron chi connectivity index (χ2n) is 14.8. The minimum atomic E-state index is 0.203. The summed E-state index contributed by atoms with van der Waals surface area (Å²) >= 11 is 1.46. The van der Waals surface area contributed by atoms with Crippen molar-refractivity contribution in [2.24, 2.45) is 5.41 Å². The van der Waals surface area contributed by atoms with Gasteiger partial charge in [-0.05, 0) is 10.8 Å². The number of hydrogen-bond acceptors (Lipinski definition) is 0. The van der Waals surface area contributed by atoms with Gasteiger partial charge in [-0.25, -0.2) is 6.08 Å². The van der Waals surface area contributed by atoms with Gasteiger partial charge in [-0.15, -0.1) is 46.2 Å². The standard InChI is InChI=1S/C21H25.C13H10.C9H13.Zr/c1-20(2,3)16-7-9-18-14(12-16)11-15-13-17(21(4,5)6)8-10-19(15)18;1-3-7-12(8-4-1)11-13-9-5-2-6-10-13;1-9(2,3)8-6-4-5-7-8;/h7-13H,1-6H3;1-10H;6-7H,4H2,1-3H3;/q-1;;-1;+2. The molecular weight excluding hydrogens is 608 g/mol. The molecule has 0 aromatic heterocycles. The molecular formula is C43H48Zr. The molecule has 6 rings (SSSR count). The zero-order valence-corrected chi connectivity index (χ0v) is 30.6. The molecule has 0 bridgehead atoms. The number of allylic oxidation sites excluding steroid dienone is 4. The Morgan fingerprint density at radius 3 is 1.34 bits per heavy atom.